The molecule has 0 fully saturated rings. The fourth-order valence-electron chi connectivity index (χ4n) is 2.55. The Bertz CT molecular complexity index is 621. The van der Waals surface area contributed by atoms with E-state index in [1.54, 1.807) is 13.4 Å². The summed E-state index contributed by atoms with van der Waals surface area (Å²) in [6.07, 6.45) is 4.32. The average Bonchev–Trinajstić information content (AvgIpc) is 2.95. The van der Waals surface area contributed by atoms with E-state index in [-0.39, 0.29) is 12.1 Å². The summed E-state index contributed by atoms with van der Waals surface area (Å²) >= 11 is 0. The highest BCUT2D eigenvalue weighted by atomic mass is 16.5. The number of ether oxygens (including phenoxy) is 1. The van der Waals surface area contributed by atoms with Gasteiger partial charge in [-0.3, -0.25) is 0 Å². The van der Waals surface area contributed by atoms with Crippen LogP contribution >= 0.6 is 0 Å². The van der Waals surface area contributed by atoms with Gasteiger partial charge in [-0.1, -0.05) is 0 Å². The van der Waals surface area contributed by atoms with Crippen LogP contribution in [0.5, 0.6) is 5.75 Å². The number of carbonyl (C=O) groups is 1. The van der Waals surface area contributed by atoms with Crippen molar-refractivity contribution in [3.05, 3.63) is 42.0 Å². The van der Waals surface area contributed by atoms with Crippen LogP contribution in [-0.4, -0.2) is 29.2 Å². The Labute approximate surface area is 122 Å². The topological polar surface area (TPSA) is 79.0 Å². The van der Waals surface area contributed by atoms with E-state index in [4.69, 9.17) is 4.74 Å². The van der Waals surface area contributed by atoms with Gasteiger partial charge in [-0.05, 0) is 37.1 Å². The molecule has 110 valence electrons. The molecule has 0 bridgehead atoms. The van der Waals surface area contributed by atoms with E-state index in [0.717, 1.165) is 42.1 Å². The summed E-state index contributed by atoms with van der Waals surface area (Å²) in [5, 5.41) is 5.82. The molecule has 0 aliphatic heterocycles. The zero-order valence-electron chi connectivity index (χ0n) is 11.8. The minimum atomic E-state index is -0.187. The van der Waals surface area contributed by atoms with Gasteiger partial charge in [-0.2, -0.15) is 0 Å². The van der Waals surface area contributed by atoms with Crippen LogP contribution in [0.1, 0.15) is 17.8 Å². The van der Waals surface area contributed by atoms with Crippen molar-refractivity contribution in [1.29, 1.82) is 0 Å². The monoisotopic (exact) mass is 286 g/mol. The first-order valence-electron chi connectivity index (χ1n) is 6.97. The third-order valence-electron chi connectivity index (χ3n) is 3.67. The number of aromatic nitrogens is 2. The van der Waals surface area contributed by atoms with Crippen molar-refractivity contribution in [2.45, 2.75) is 25.3 Å². The number of hydrogen-bond acceptors (Lipinski definition) is 3. The Hall–Kier alpha value is -2.50. The van der Waals surface area contributed by atoms with Gasteiger partial charge in [-0.15, -0.1) is 0 Å². The smallest absolute Gasteiger partial charge is 0.319 e. The van der Waals surface area contributed by atoms with Crippen molar-refractivity contribution in [3.8, 4) is 5.75 Å². The largest absolute Gasteiger partial charge is 0.497 e. The maximum atomic E-state index is 12.0. The summed E-state index contributed by atoms with van der Waals surface area (Å²) < 4.78 is 5.08. The molecular formula is C15H18N4O2. The van der Waals surface area contributed by atoms with Gasteiger partial charge < -0.3 is 20.4 Å². The SMILES string of the molecule is COc1ccc(NC(=O)NC2CCc3nc[nH]c3C2)cc1. The zero-order valence-corrected chi connectivity index (χ0v) is 11.8. The lowest BCUT2D eigenvalue weighted by Crippen LogP contribution is -2.41. The molecule has 21 heavy (non-hydrogen) atoms. The number of hydrogen-bond donors (Lipinski definition) is 3. The van der Waals surface area contributed by atoms with Crippen molar-refractivity contribution < 1.29 is 9.53 Å². The molecular weight excluding hydrogens is 268 g/mol. The first kappa shape index (κ1) is 13.5. The lowest BCUT2D eigenvalue weighted by atomic mass is 9.96. The van der Waals surface area contributed by atoms with Crippen LogP contribution < -0.4 is 15.4 Å². The van der Waals surface area contributed by atoms with Crippen LogP contribution in [0.2, 0.25) is 0 Å². The Balaban J connectivity index is 1.54. The molecule has 1 aromatic heterocycles. The van der Waals surface area contributed by atoms with Gasteiger partial charge in [0.1, 0.15) is 5.75 Å². The van der Waals surface area contributed by atoms with Gasteiger partial charge in [0.15, 0.2) is 0 Å². The average molecular weight is 286 g/mol. The number of aromatic amines is 1. The van der Waals surface area contributed by atoms with Gasteiger partial charge in [0.2, 0.25) is 0 Å². The molecule has 1 unspecified atom stereocenters. The van der Waals surface area contributed by atoms with Crippen molar-refractivity contribution in [2.75, 3.05) is 12.4 Å². The number of fused-ring (bicyclic) bond motifs is 1. The Kier molecular flexibility index (Phi) is 3.77. The molecule has 1 aliphatic carbocycles. The third-order valence-corrected chi connectivity index (χ3v) is 3.67. The normalized spacial score (nSPS) is 16.9. The summed E-state index contributed by atoms with van der Waals surface area (Å²) in [7, 11) is 1.61. The second-order valence-corrected chi connectivity index (χ2v) is 5.09. The summed E-state index contributed by atoms with van der Waals surface area (Å²) in [5.74, 6) is 0.764. The van der Waals surface area contributed by atoms with Crippen molar-refractivity contribution in [1.82, 2.24) is 15.3 Å². The third kappa shape index (κ3) is 3.16. The summed E-state index contributed by atoms with van der Waals surface area (Å²) in [4.78, 5) is 19.4. The van der Waals surface area contributed by atoms with Crippen molar-refractivity contribution in [2.24, 2.45) is 0 Å². The molecule has 1 heterocycles. The quantitative estimate of drug-likeness (QED) is 0.808. The van der Waals surface area contributed by atoms with E-state index in [1.165, 1.54) is 0 Å². The van der Waals surface area contributed by atoms with E-state index in [9.17, 15) is 4.79 Å². The first-order valence-corrected chi connectivity index (χ1v) is 6.97. The number of urea groups is 1. The Morgan fingerprint density at radius 1 is 1.38 bits per heavy atom. The summed E-state index contributed by atoms with van der Waals surface area (Å²) in [6, 6.07) is 7.20. The molecule has 6 heteroatoms. The minimum absolute atomic E-state index is 0.135. The fraction of sp³-hybridized carbons (Fsp3) is 0.333. The molecule has 2 amide bonds. The van der Waals surface area contributed by atoms with Crippen LogP contribution in [0.15, 0.2) is 30.6 Å². The van der Waals surface area contributed by atoms with Crippen molar-refractivity contribution in [3.63, 3.8) is 0 Å². The maximum absolute atomic E-state index is 12.0. The minimum Gasteiger partial charge on any atom is -0.497 e. The van der Waals surface area contributed by atoms with E-state index in [2.05, 4.69) is 20.6 Å². The van der Waals surface area contributed by atoms with Crippen LogP contribution in [0.25, 0.3) is 0 Å². The molecule has 1 aliphatic rings. The molecule has 3 rings (SSSR count). The molecule has 0 spiro atoms. The molecule has 0 saturated carbocycles. The second kappa shape index (κ2) is 5.87. The van der Waals surface area contributed by atoms with Gasteiger partial charge in [0.25, 0.3) is 0 Å². The van der Waals surface area contributed by atoms with Crippen LogP contribution in [0, 0.1) is 0 Å². The van der Waals surface area contributed by atoms with Crippen LogP contribution in [0.4, 0.5) is 10.5 Å². The number of nitrogens with zero attached hydrogens (tertiary/aromatic N) is 1. The number of methoxy groups -OCH3 is 1. The highest BCUT2D eigenvalue weighted by Gasteiger charge is 2.21. The second-order valence-electron chi connectivity index (χ2n) is 5.09. The lowest BCUT2D eigenvalue weighted by Gasteiger charge is -2.22. The number of aryl methyl sites for hydroxylation is 1. The summed E-state index contributed by atoms with van der Waals surface area (Å²) in [5.41, 5.74) is 2.98. The molecule has 0 saturated heterocycles. The number of amides is 2. The maximum Gasteiger partial charge on any atom is 0.319 e. The predicted octanol–water partition coefficient (Wildman–Crippen LogP) is 2.10. The molecule has 0 radical (unpaired) electrons. The number of carbonyl (C=O) groups excluding carboxylic acids is 1. The summed E-state index contributed by atoms with van der Waals surface area (Å²) in [6.45, 7) is 0. The number of H-pyrrole nitrogens is 1. The van der Waals surface area contributed by atoms with E-state index in [0.29, 0.717) is 0 Å². The number of imidazole rings is 1. The molecule has 2 aromatic rings. The standard InChI is InChI=1S/C15H18N4O2/c1-21-12-5-2-10(3-6-12)18-15(20)19-11-4-7-13-14(8-11)17-9-16-13/h2-3,5-6,9,11H,4,7-8H2,1H3,(H,16,17)(H2,18,19,20). The van der Waals surface area contributed by atoms with Crippen molar-refractivity contribution >= 4 is 11.7 Å². The number of nitrogens with one attached hydrogen (secondary N) is 3. The van der Waals surface area contributed by atoms with Gasteiger partial charge in [-0.25, -0.2) is 9.78 Å². The van der Waals surface area contributed by atoms with E-state index < -0.39 is 0 Å². The van der Waals surface area contributed by atoms with E-state index in [1.807, 2.05) is 24.3 Å². The fourth-order valence-corrected chi connectivity index (χ4v) is 2.55. The lowest BCUT2D eigenvalue weighted by molar-refractivity contribution is 0.247. The highest BCUT2D eigenvalue weighted by Crippen LogP contribution is 2.18. The Morgan fingerprint density at radius 2 is 2.19 bits per heavy atom. The number of rotatable bonds is 3. The number of anilines is 1. The molecule has 1 atom stereocenters. The van der Waals surface area contributed by atoms with Gasteiger partial charge >= 0.3 is 6.03 Å². The van der Waals surface area contributed by atoms with Gasteiger partial charge in [0.05, 0.1) is 19.1 Å². The number of benzene rings is 1. The first-order chi connectivity index (χ1) is 10.2. The molecule has 3 N–H and O–H groups in total. The van der Waals surface area contributed by atoms with Crippen LogP contribution in [0.3, 0.4) is 0 Å². The predicted molar refractivity (Wildman–Crippen MR) is 79.5 cm³/mol. The highest BCUT2D eigenvalue weighted by molar-refractivity contribution is 5.89. The zero-order chi connectivity index (χ0) is 14.7. The van der Waals surface area contributed by atoms with Gasteiger partial charge in [0, 0.05) is 23.8 Å². The van der Waals surface area contributed by atoms with E-state index >= 15 is 0 Å². The Morgan fingerprint density at radius 3 is 2.95 bits per heavy atom. The molecule has 1 aromatic carbocycles. The molecule has 6 nitrogen and oxygen atoms in total. The van der Waals surface area contributed by atoms with Crippen LogP contribution in [-0.2, 0) is 12.8 Å².